The standard InChI is InChI=1S/C16H20F3NO4/c1-2-4-12(15(22)23)9-20-14(21)8-11-5-3-6-13(7-11)24-10-16(17,18)19/h3,5-7,12H,2,4,8-10H2,1H3,(H,20,21)(H,22,23). The van der Waals surface area contributed by atoms with Gasteiger partial charge in [-0.15, -0.1) is 0 Å². The van der Waals surface area contributed by atoms with Gasteiger partial charge in [0.15, 0.2) is 6.61 Å². The van der Waals surface area contributed by atoms with Gasteiger partial charge in [-0.05, 0) is 24.1 Å². The van der Waals surface area contributed by atoms with Crippen molar-refractivity contribution < 1.29 is 32.6 Å². The van der Waals surface area contributed by atoms with E-state index in [4.69, 9.17) is 5.11 Å². The summed E-state index contributed by atoms with van der Waals surface area (Å²) >= 11 is 0. The summed E-state index contributed by atoms with van der Waals surface area (Å²) < 4.78 is 41.0. The number of carboxylic acid groups (broad SMARTS) is 1. The smallest absolute Gasteiger partial charge is 0.422 e. The number of carbonyl (C=O) groups is 2. The number of alkyl halides is 3. The lowest BCUT2D eigenvalue weighted by Gasteiger charge is -2.13. The zero-order chi connectivity index (χ0) is 18.2. The monoisotopic (exact) mass is 347 g/mol. The average Bonchev–Trinajstić information content (AvgIpc) is 2.49. The molecule has 0 bridgehead atoms. The highest BCUT2D eigenvalue weighted by Crippen LogP contribution is 2.19. The van der Waals surface area contributed by atoms with Crippen LogP contribution in [-0.4, -0.2) is 36.3 Å². The molecule has 2 N–H and O–H groups in total. The van der Waals surface area contributed by atoms with E-state index in [1.165, 1.54) is 18.2 Å². The number of rotatable bonds is 9. The maximum absolute atomic E-state index is 12.1. The van der Waals surface area contributed by atoms with Crippen molar-refractivity contribution in [3.05, 3.63) is 29.8 Å². The Labute approximate surface area is 137 Å². The summed E-state index contributed by atoms with van der Waals surface area (Å²) in [6.45, 7) is 0.469. The molecule has 1 amide bonds. The van der Waals surface area contributed by atoms with E-state index < -0.39 is 30.6 Å². The predicted octanol–water partition coefficient (Wildman–Crippen LogP) is 2.79. The molecule has 1 unspecified atom stereocenters. The summed E-state index contributed by atoms with van der Waals surface area (Å²) in [6.07, 6.45) is -3.36. The number of halogens is 3. The van der Waals surface area contributed by atoms with Gasteiger partial charge in [-0.1, -0.05) is 25.5 Å². The molecule has 0 aliphatic rings. The van der Waals surface area contributed by atoms with Crippen molar-refractivity contribution in [3.63, 3.8) is 0 Å². The molecule has 134 valence electrons. The fourth-order valence-corrected chi connectivity index (χ4v) is 2.06. The van der Waals surface area contributed by atoms with E-state index in [1.54, 1.807) is 6.07 Å². The number of carboxylic acids is 1. The molecule has 0 fully saturated rings. The molecule has 0 spiro atoms. The Morgan fingerprint density at radius 3 is 2.62 bits per heavy atom. The molecule has 0 aromatic heterocycles. The normalized spacial score (nSPS) is 12.5. The third-order valence-corrected chi connectivity index (χ3v) is 3.20. The van der Waals surface area contributed by atoms with Crippen LogP contribution in [0, 0.1) is 5.92 Å². The predicted molar refractivity (Wildman–Crippen MR) is 80.7 cm³/mol. The highest BCUT2D eigenvalue weighted by Gasteiger charge is 2.28. The zero-order valence-electron chi connectivity index (χ0n) is 13.2. The van der Waals surface area contributed by atoms with Crippen molar-refractivity contribution in [3.8, 4) is 5.75 Å². The molecule has 24 heavy (non-hydrogen) atoms. The summed E-state index contributed by atoms with van der Waals surface area (Å²) in [7, 11) is 0. The van der Waals surface area contributed by atoms with Gasteiger partial charge in [-0.3, -0.25) is 9.59 Å². The van der Waals surface area contributed by atoms with Crippen LogP contribution in [0.25, 0.3) is 0 Å². The number of ether oxygens (including phenoxy) is 1. The number of amides is 1. The number of hydrogen-bond donors (Lipinski definition) is 2. The molecule has 0 saturated heterocycles. The number of nitrogens with one attached hydrogen (secondary N) is 1. The third-order valence-electron chi connectivity index (χ3n) is 3.20. The van der Waals surface area contributed by atoms with Crippen LogP contribution in [-0.2, 0) is 16.0 Å². The molecule has 1 aromatic rings. The molecule has 0 aliphatic carbocycles. The summed E-state index contributed by atoms with van der Waals surface area (Å²) in [6, 6.07) is 5.80. The highest BCUT2D eigenvalue weighted by atomic mass is 19.4. The van der Waals surface area contributed by atoms with E-state index in [0.717, 1.165) is 0 Å². The molecule has 0 aliphatic heterocycles. The van der Waals surface area contributed by atoms with E-state index in [0.29, 0.717) is 18.4 Å². The molecule has 1 atom stereocenters. The number of carbonyl (C=O) groups excluding carboxylic acids is 1. The molecule has 8 heteroatoms. The minimum absolute atomic E-state index is 0.0201. The Bertz CT molecular complexity index is 560. The molecule has 1 aromatic carbocycles. The number of aliphatic carboxylic acids is 1. The van der Waals surface area contributed by atoms with E-state index in [9.17, 15) is 22.8 Å². The Hall–Kier alpha value is -2.25. The van der Waals surface area contributed by atoms with Crippen LogP contribution < -0.4 is 10.1 Å². The molecule has 0 saturated carbocycles. The number of hydrogen-bond acceptors (Lipinski definition) is 3. The quantitative estimate of drug-likeness (QED) is 0.720. The van der Waals surface area contributed by atoms with E-state index >= 15 is 0 Å². The van der Waals surface area contributed by atoms with Crippen molar-refractivity contribution in [2.75, 3.05) is 13.2 Å². The molecule has 0 radical (unpaired) electrons. The maximum atomic E-state index is 12.1. The van der Waals surface area contributed by atoms with E-state index in [-0.39, 0.29) is 18.7 Å². The second-order valence-electron chi connectivity index (χ2n) is 5.36. The van der Waals surface area contributed by atoms with Gasteiger partial charge in [0.05, 0.1) is 12.3 Å². The van der Waals surface area contributed by atoms with Gasteiger partial charge in [0.2, 0.25) is 5.91 Å². The van der Waals surface area contributed by atoms with Crippen molar-refractivity contribution in [2.45, 2.75) is 32.4 Å². The lowest BCUT2D eigenvalue weighted by atomic mass is 10.0. The van der Waals surface area contributed by atoms with Gasteiger partial charge in [-0.25, -0.2) is 0 Å². The van der Waals surface area contributed by atoms with Gasteiger partial charge >= 0.3 is 12.1 Å². The third kappa shape index (κ3) is 7.85. The van der Waals surface area contributed by atoms with Crippen molar-refractivity contribution in [1.82, 2.24) is 5.32 Å². The van der Waals surface area contributed by atoms with Crippen LogP contribution in [0.1, 0.15) is 25.3 Å². The second-order valence-corrected chi connectivity index (χ2v) is 5.36. The summed E-state index contributed by atoms with van der Waals surface area (Å²) in [4.78, 5) is 22.8. The fourth-order valence-electron chi connectivity index (χ4n) is 2.06. The summed E-state index contributed by atoms with van der Waals surface area (Å²) in [5.74, 6) is -2.00. The van der Waals surface area contributed by atoms with Gasteiger partial charge < -0.3 is 15.2 Å². The fraction of sp³-hybridized carbons (Fsp3) is 0.500. The summed E-state index contributed by atoms with van der Waals surface area (Å²) in [5.41, 5.74) is 0.481. The Balaban J connectivity index is 2.53. The first kappa shape index (κ1) is 19.8. The van der Waals surface area contributed by atoms with Crippen LogP contribution in [0.3, 0.4) is 0 Å². The van der Waals surface area contributed by atoms with Crippen LogP contribution in [0.5, 0.6) is 5.75 Å². The Kier molecular flexibility index (Phi) is 7.54. The molecule has 1 rings (SSSR count). The van der Waals surface area contributed by atoms with Gasteiger partial charge in [0, 0.05) is 6.54 Å². The highest BCUT2D eigenvalue weighted by molar-refractivity contribution is 5.79. The Morgan fingerprint density at radius 2 is 2.04 bits per heavy atom. The lowest BCUT2D eigenvalue weighted by Crippen LogP contribution is -2.33. The molecular formula is C16H20F3NO4. The zero-order valence-corrected chi connectivity index (χ0v) is 13.2. The average molecular weight is 347 g/mol. The first-order chi connectivity index (χ1) is 11.2. The van der Waals surface area contributed by atoms with Crippen LogP contribution >= 0.6 is 0 Å². The molecule has 0 heterocycles. The molecular weight excluding hydrogens is 327 g/mol. The first-order valence-corrected chi connectivity index (χ1v) is 7.49. The van der Waals surface area contributed by atoms with Crippen molar-refractivity contribution >= 4 is 11.9 Å². The topological polar surface area (TPSA) is 75.6 Å². The maximum Gasteiger partial charge on any atom is 0.422 e. The molecule has 5 nitrogen and oxygen atoms in total. The van der Waals surface area contributed by atoms with Crippen LogP contribution in [0.4, 0.5) is 13.2 Å². The van der Waals surface area contributed by atoms with Crippen molar-refractivity contribution in [1.29, 1.82) is 0 Å². The minimum atomic E-state index is -4.43. The van der Waals surface area contributed by atoms with E-state index in [2.05, 4.69) is 10.1 Å². The van der Waals surface area contributed by atoms with Gasteiger partial charge in [0.1, 0.15) is 5.75 Å². The largest absolute Gasteiger partial charge is 0.484 e. The first-order valence-electron chi connectivity index (χ1n) is 7.49. The summed E-state index contributed by atoms with van der Waals surface area (Å²) in [5, 5.41) is 11.5. The second kappa shape index (κ2) is 9.14. The van der Waals surface area contributed by atoms with Gasteiger partial charge in [0.25, 0.3) is 0 Å². The van der Waals surface area contributed by atoms with E-state index in [1.807, 2.05) is 6.92 Å². The van der Waals surface area contributed by atoms with Gasteiger partial charge in [-0.2, -0.15) is 13.2 Å². The van der Waals surface area contributed by atoms with Crippen LogP contribution in [0.15, 0.2) is 24.3 Å². The minimum Gasteiger partial charge on any atom is -0.484 e. The number of benzene rings is 1. The van der Waals surface area contributed by atoms with Crippen LogP contribution in [0.2, 0.25) is 0 Å². The Morgan fingerprint density at radius 1 is 1.33 bits per heavy atom. The SMILES string of the molecule is CCCC(CNC(=O)Cc1cccc(OCC(F)(F)F)c1)C(=O)O. The van der Waals surface area contributed by atoms with Crippen molar-refractivity contribution in [2.24, 2.45) is 5.92 Å². The lowest BCUT2D eigenvalue weighted by molar-refractivity contribution is -0.153.